The molecule has 1 heterocycles. The summed E-state index contributed by atoms with van der Waals surface area (Å²) in [5, 5.41) is 0. The zero-order valence-corrected chi connectivity index (χ0v) is 8.37. The number of rotatable bonds is 4. The lowest BCUT2D eigenvalue weighted by molar-refractivity contribution is 0.362. The van der Waals surface area contributed by atoms with Gasteiger partial charge in [-0.15, -0.1) is 0 Å². The molecule has 1 saturated heterocycles. The Morgan fingerprint density at radius 3 is 2.64 bits per heavy atom. The predicted molar refractivity (Wildman–Crippen MR) is 53.5 cm³/mol. The Morgan fingerprint density at radius 1 is 1.29 bits per heavy atom. The van der Waals surface area contributed by atoms with Gasteiger partial charge in [0.2, 0.25) is 0 Å². The number of epoxide rings is 1. The lowest BCUT2D eigenvalue weighted by Crippen LogP contribution is -1.89. The van der Waals surface area contributed by atoms with Gasteiger partial charge in [-0.2, -0.15) is 0 Å². The average molecular weight is 194 g/mol. The molecule has 2 atom stereocenters. The summed E-state index contributed by atoms with van der Waals surface area (Å²) in [5.74, 6) is -0.181. The van der Waals surface area contributed by atoms with Crippen molar-refractivity contribution in [3.8, 4) is 0 Å². The van der Waals surface area contributed by atoms with Gasteiger partial charge in [0.15, 0.2) is 0 Å². The second kappa shape index (κ2) is 4.09. The first-order valence-corrected chi connectivity index (χ1v) is 5.22. The minimum atomic E-state index is -0.181. The highest BCUT2D eigenvalue weighted by Crippen LogP contribution is 2.41. The molecule has 0 radical (unpaired) electrons. The van der Waals surface area contributed by atoms with E-state index in [1.54, 1.807) is 0 Å². The second-order valence-electron chi connectivity index (χ2n) is 3.79. The zero-order valence-electron chi connectivity index (χ0n) is 8.37. The molecule has 2 heteroatoms. The Bertz CT molecular complexity index is 294. The molecule has 1 nitrogen and oxygen atoms in total. The summed E-state index contributed by atoms with van der Waals surface area (Å²) in [6, 6.07) is 6.61. The summed E-state index contributed by atoms with van der Waals surface area (Å²) in [6.45, 7) is 2.18. The zero-order chi connectivity index (χ0) is 9.97. The van der Waals surface area contributed by atoms with Crippen LogP contribution in [0.4, 0.5) is 4.39 Å². The van der Waals surface area contributed by atoms with Crippen molar-refractivity contribution in [1.82, 2.24) is 0 Å². The monoisotopic (exact) mass is 194 g/mol. The van der Waals surface area contributed by atoms with Crippen LogP contribution < -0.4 is 0 Å². The van der Waals surface area contributed by atoms with E-state index in [1.165, 1.54) is 25.0 Å². The minimum Gasteiger partial charge on any atom is -0.365 e. The van der Waals surface area contributed by atoms with Gasteiger partial charge in [-0.1, -0.05) is 31.9 Å². The summed E-state index contributed by atoms with van der Waals surface area (Å²) >= 11 is 0. The summed E-state index contributed by atoms with van der Waals surface area (Å²) in [6.07, 6.45) is 4.14. The molecule has 0 saturated carbocycles. The van der Waals surface area contributed by atoms with Crippen molar-refractivity contribution in [2.45, 2.75) is 38.4 Å². The molecule has 1 aromatic carbocycles. The SMILES string of the molecule is CCCCC1OC1c1ccc(F)cc1. The summed E-state index contributed by atoms with van der Waals surface area (Å²) in [5.41, 5.74) is 1.10. The van der Waals surface area contributed by atoms with E-state index < -0.39 is 0 Å². The molecule has 2 unspecified atom stereocenters. The first-order valence-electron chi connectivity index (χ1n) is 5.22. The maximum Gasteiger partial charge on any atom is 0.123 e. The van der Waals surface area contributed by atoms with E-state index in [9.17, 15) is 4.39 Å². The van der Waals surface area contributed by atoms with Crippen LogP contribution in [0.2, 0.25) is 0 Å². The topological polar surface area (TPSA) is 12.5 Å². The molecule has 0 N–H and O–H groups in total. The van der Waals surface area contributed by atoms with Crippen LogP contribution in [0.15, 0.2) is 24.3 Å². The quantitative estimate of drug-likeness (QED) is 0.669. The van der Waals surface area contributed by atoms with E-state index >= 15 is 0 Å². The smallest absolute Gasteiger partial charge is 0.123 e. The Hall–Kier alpha value is -0.890. The van der Waals surface area contributed by atoms with Gasteiger partial charge in [0.1, 0.15) is 11.9 Å². The van der Waals surface area contributed by atoms with Gasteiger partial charge in [-0.05, 0) is 24.1 Å². The Kier molecular flexibility index (Phi) is 2.82. The van der Waals surface area contributed by atoms with Gasteiger partial charge < -0.3 is 4.74 Å². The number of benzene rings is 1. The van der Waals surface area contributed by atoms with Gasteiger partial charge in [0, 0.05) is 0 Å². The standard InChI is InChI=1S/C12H15FO/c1-2-3-4-11-12(14-11)9-5-7-10(13)8-6-9/h5-8,11-12H,2-4H2,1H3. The fraction of sp³-hybridized carbons (Fsp3) is 0.500. The van der Waals surface area contributed by atoms with Crippen molar-refractivity contribution < 1.29 is 9.13 Å². The third-order valence-corrected chi connectivity index (χ3v) is 2.62. The van der Waals surface area contributed by atoms with E-state index in [4.69, 9.17) is 4.74 Å². The van der Waals surface area contributed by atoms with E-state index in [-0.39, 0.29) is 11.9 Å². The van der Waals surface area contributed by atoms with Crippen molar-refractivity contribution in [3.05, 3.63) is 35.6 Å². The highest BCUT2D eigenvalue weighted by atomic mass is 19.1. The number of hydrogen-bond donors (Lipinski definition) is 0. The summed E-state index contributed by atoms with van der Waals surface area (Å²) in [4.78, 5) is 0. The van der Waals surface area contributed by atoms with Crippen LogP contribution in [-0.4, -0.2) is 6.10 Å². The van der Waals surface area contributed by atoms with Crippen molar-refractivity contribution in [2.75, 3.05) is 0 Å². The Labute approximate surface area is 83.9 Å². The third-order valence-electron chi connectivity index (χ3n) is 2.62. The number of halogens is 1. The van der Waals surface area contributed by atoms with Gasteiger partial charge in [-0.25, -0.2) is 4.39 Å². The van der Waals surface area contributed by atoms with Gasteiger partial charge in [0.25, 0.3) is 0 Å². The van der Waals surface area contributed by atoms with Gasteiger partial charge >= 0.3 is 0 Å². The lowest BCUT2D eigenvalue weighted by atomic mass is 10.1. The molecule has 76 valence electrons. The van der Waals surface area contributed by atoms with Crippen molar-refractivity contribution in [1.29, 1.82) is 0 Å². The molecular weight excluding hydrogens is 179 g/mol. The first kappa shape index (κ1) is 9.66. The fourth-order valence-electron chi connectivity index (χ4n) is 1.71. The van der Waals surface area contributed by atoms with E-state index in [0.717, 1.165) is 12.0 Å². The molecule has 0 spiro atoms. The van der Waals surface area contributed by atoms with Crippen molar-refractivity contribution in [2.24, 2.45) is 0 Å². The highest BCUT2D eigenvalue weighted by molar-refractivity contribution is 5.22. The third kappa shape index (κ3) is 2.13. The normalized spacial score (nSPS) is 25.0. The Balaban J connectivity index is 1.89. The van der Waals surface area contributed by atoms with Crippen LogP contribution in [0, 0.1) is 5.82 Å². The van der Waals surface area contributed by atoms with E-state index in [0.29, 0.717) is 6.10 Å². The molecule has 0 aliphatic carbocycles. The molecule has 1 aliphatic heterocycles. The minimum absolute atomic E-state index is 0.181. The molecule has 0 amide bonds. The van der Waals surface area contributed by atoms with E-state index in [2.05, 4.69) is 6.92 Å². The van der Waals surface area contributed by atoms with Crippen molar-refractivity contribution >= 4 is 0 Å². The summed E-state index contributed by atoms with van der Waals surface area (Å²) in [7, 11) is 0. The van der Waals surface area contributed by atoms with Crippen LogP contribution >= 0.6 is 0 Å². The van der Waals surface area contributed by atoms with Crippen molar-refractivity contribution in [3.63, 3.8) is 0 Å². The Morgan fingerprint density at radius 2 is 2.00 bits per heavy atom. The molecule has 0 bridgehead atoms. The number of unbranched alkanes of at least 4 members (excludes halogenated alkanes) is 1. The molecule has 2 rings (SSSR count). The van der Waals surface area contributed by atoms with Crippen LogP contribution in [-0.2, 0) is 4.74 Å². The molecular formula is C12H15FO. The summed E-state index contributed by atoms with van der Waals surface area (Å²) < 4.78 is 18.2. The molecule has 1 fully saturated rings. The van der Waals surface area contributed by atoms with Gasteiger partial charge in [-0.3, -0.25) is 0 Å². The maximum absolute atomic E-state index is 12.6. The first-order chi connectivity index (χ1) is 6.81. The van der Waals surface area contributed by atoms with Gasteiger partial charge in [0.05, 0.1) is 6.10 Å². The molecule has 14 heavy (non-hydrogen) atoms. The van der Waals surface area contributed by atoms with E-state index in [1.807, 2.05) is 12.1 Å². The largest absolute Gasteiger partial charge is 0.365 e. The van der Waals surface area contributed by atoms with Crippen LogP contribution in [0.5, 0.6) is 0 Å². The van der Waals surface area contributed by atoms with Crippen LogP contribution in [0.1, 0.15) is 37.9 Å². The molecule has 0 aromatic heterocycles. The average Bonchev–Trinajstić information content (AvgIpc) is 2.95. The number of ether oxygens (including phenoxy) is 1. The second-order valence-corrected chi connectivity index (χ2v) is 3.79. The molecule has 1 aromatic rings. The van der Waals surface area contributed by atoms with Crippen LogP contribution in [0.3, 0.4) is 0 Å². The fourth-order valence-corrected chi connectivity index (χ4v) is 1.71. The maximum atomic E-state index is 12.6. The molecule has 1 aliphatic rings. The number of hydrogen-bond acceptors (Lipinski definition) is 1. The lowest BCUT2D eigenvalue weighted by Gasteiger charge is -1.95. The van der Waals surface area contributed by atoms with Crippen LogP contribution in [0.25, 0.3) is 0 Å². The predicted octanol–water partition coefficient (Wildman–Crippen LogP) is 3.46. The highest BCUT2D eigenvalue weighted by Gasteiger charge is 2.38.